The highest BCUT2D eigenvalue weighted by atomic mass is 16.5. The van der Waals surface area contributed by atoms with Gasteiger partial charge in [0, 0.05) is 37.8 Å². The Balaban J connectivity index is 1.60. The third-order valence-electron chi connectivity index (χ3n) is 4.51. The molecule has 146 valence electrons. The molecule has 7 heteroatoms. The Morgan fingerprint density at radius 2 is 1.78 bits per heavy atom. The molecule has 1 aromatic carbocycles. The Morgan fingerprint density at radius 3 is 2.41 bits per heavy atom. The normalized spacial score (nSPS) is 15.0. The van der Waals surface area contributed by atoms with Gasteiger partial charge in [-0.2, -0.15) is 0 Å². The lowest BCUT2D eigenvalue weighted by atomic mass is 10.1. The first-order valence-corrected chi connectivity index (χ1v) is 9.44. The van der Waals surface area contributed by atoms with Crippen molar-refractivity contribution in [2.75, 3.05) is 39.4 Å². The minimum Gasteiger partial charge on any atom is -0.490 e. The van der Waals surface area contributed by atoms with Gasteiger partial charge in [0.2, 0.25) is 0 Å². The Bertz CT molecular complexity index is 766. The highest BCUT2D eigenvalue weighted by molar-refractivity contribution is 5.95. The van der Waals surface area contributed by atoms with Crippen molar-refractivity contribution in [3.05, 3.63) is 41.3 Å². The quantitative estimate of drug-likeness (QED) is 0.743. The highest BCUT2D eigenvalue weighted by Crippen LogP contribution is 2.29. The van der Waals surface area contributed by atoms with Crippen molar-refractivity contribution in [2.45, 2.75) is 27.3 Å². The van der Waals surface area contributed by atoms with E-state index in [2.05, 4.69) is 10.1 Å². The summed E-state index contributed by atoms with van der Waals surface area (Å²) < 4.78 is 16.5. The zero-order valence-electron chi connectivity index (χ0n) is 16.2. The maximum atomic E-state index is 12.9. The average molecular weight is 373 g/mol. The number of benzene rings is 1. The zero-order chi connectivity index (χ0) is 19.2. The topological polar surface area (TPSA) is 68.0 Å². The van der Waals surface area contributed by atoms with Crippen LogP contribution in [0.5, 0.6) is 11.5 Å². The van der Waals surface area contributed by atoms with Gasteiger partial charge in [-0.25, -0.2) is 0 Å². The molecule has 27 heavy (non-hydrogen) atoms. The number of hydrogen-bond donors (Lipinski definition) is 0. The van der Waals surface area contributed by atoms with Gasteiger partial charge in [-0.15, -0.1) is 0 Å². The first kappa shape index (κ1) is 19.2. The van der Waals surface area contributed by atoms with E-state index in [9.17, 15) is 4.79 Å². The fourth-order valence-corrected chi connectivity index (χ4v) is 3.19. The molecule has 2 aromatic rings. The third-order valence-corrected chi connectivity index (χ3v) is 4.51. The van der Waals surface area contributed by atoms with Crippen LogP contribution in [0.15, 0.2) is 28.8 Å². The van der Waals surface area contributed by atoms with E-state index >= 15 is 0 Å². The van der Waals surface area contributed by atoms with Crippen LogP contribution in [-0.4, -0.2) is 60.3 Å². The van der Waals surface area contributed by atoms with Crippen molar-refractivity contribution in [3.8, 4) is 11.5 Å². The van der Waals surface area contributed by atoms with Crippen LogP contribution in [0.3, 0.4) is 0 Å². The summed E-state index contributed by atoms with van der Waals surface area (Å²) in [4.78, 5) is 17.0. The molecule has 0 unspecified atom stereocenters. The summed E-state index contributed by atoms with van der Waals surface area (Å²) in [5.74, 6) is 2.17. The van der Waals surface area contributed by atoms with Crippen molar-refractivity contribution in [2.24, 2.45) is 0 Å². The van der Waals surface area contributed by atoms with E-state index in [0.29, 0.717) is 43.4 Å². The molecule has 2 heterocycles. The number of ether oxygens (including phenoxy) is 2. The fourth-order valence-electron chi connectivity index (χ4n) is 3.19. The van der Waals surface area contributed by atoms with E-state index in [-0.39, 0.29) is 5.91 Å². The van der Waals surface area contributed by atoms with Crippen LogP contribution in [0.2, 0.25) is 0 Å². The first-order chi connectivity index (χ1) is 13.1. The summed E-state index contributed by atoms with van der Waals surface area (Å²) in [7, 11) is 0. The Hall–Kier alpha value is -2.54. The van der Waals surface area contributed by atoms with Crippen LogP contribution in [0, 0.1) is 6.92 Å². The predicted molar refractivity (Wildman–Crippen MR) is 101 cm³/mol. The van der Waals surface area contributed by atoms with Gasteiger partial charge >= 0.3 is 0 Å². The molecule has 1 fully saturated rings. The standard InChI is InChI=1S/C20H27N3O4/c1-4-25-18-7-6-16(13-19(18)26-5-2)20(24)23-10-8-22(9-11-23)14-17-12-15(3)21-27-17/h6-7,12-13H,4-5,8-11,14H2,1-3H3. The molecule has 1 aromatic heterocycles. The molecule has 0 radical (unpaired) electrons. The van der Waals surface area contributed by atoms with Gasteiger partial charge in [0.1, 0.15) is 0 Å². The molecule has 1 aliphatic heterocycles. The fraction of sp³-hybridized carbons (Fsp3) is 0.500. The molecule has 0 saturated carbocycles. The van der Waals surface area contributed by atoms with Crippen LogP contribution >= 0.6 is 0 Å². The molecule has 1 aliphatic rings. The number of carbonyl (C=O) groups excluding carboxylic acids is 1. The lowest BCUT2D eigenvalue weighted by Crippen LogP contribution is -2.48. The van der Waals surface area contributed by atoms with Gasteiger partial charge in [-0.1, -0.05) is 5.16 Å². The van der Waals surface area contributed by atoms with Gasteiger partial charge in [0.25, 0.3) is 5.91 Å². The maximum absolute atomic E-state index is 12.9. The number of aryl methyl sites for hydroxylation is 1. The van der Waals surface area contributed by atoms with Crippen LogP contribution in [-0.2, 0) is 6.54 Å². The van der Waals surface area contributed by atoms with E-state index in [0.717, 1.165) is 31.1 Å². The van der Waals surface area contributed by atoms with Gasteiger partial charge < -0.3 is 18.9 Å². The molecular formula is C20H27N3O4. The number of carbonyl (C=O) groups is 1. The minimum absolute atomic E-state index is 0.0224. The average Bonchev–Trinajstić information content (AvgIpc) is 3.08. The maximum Gasteiger partial charge on any atom is 0.254 e. The molecule has 7 nitrogen and oxygen atoms in total. The van der Waals surface area contributed by atoms with Crippen molar-refractivity contribution in [3.63, 3.8) is 0 Å². The summed E-state index contributed by atoms with van der Waals surface area (Å²) in [6.45, 7) is 10.5. The molecular weight excluding hydrogens is 346 g/mol. The summed E-state index contributed by atoms with van der Waals surface area (Å²) in [5.41, 5.74) is 1.51. The van der Waals surface area contributed by atoms with Gasteiger partial charge in [0.05, 0.1) is 25.5 Å². The first-order valence-electron chi connectivity index (χ1n) is 9.44. The molecule has 3 rings (SSSR count). The second-order valence-corrected chi connectivity index (χ2v) is 6.53. The van der Waals surface area contributed by atoms with Crippen molar-refractivity contribution < 1.29 is 18.8 Å². The van der Waals surface area contributed by atoms with Crippen LogP contribution in [0.4, 0.5) is 0 Å². The second-order valence-electron chi connectivity index (χ2n) is 6.53. The largest absolute Gasteiger partial charge is 0.490 e. The smallest absolute Gasteiger partial charge is 0.254 e. The molecule has 0 bridgehead atoms. The molecule has 0 atom stereocenters. The van der Waals surface area contributed by atoms with Crippen LogP contribution < -0.4 is 9.47 Å². The Kier molecular flexibility index (Phi) is 6.34. The third kappa shape index (κ3) is 4.80. The van der Waals surface area contributed by atoms with Gasteiger partial charge in [-0.05, 0) is 39.0 Å². The molecule has 0 spiro atoms. The molecule has 0 aliphatic carbocycles. The molecule has 1 saturated heterocycles. The van der Waals surface area contributed by atoms with Crippen molar-refractivity contribution in [1.82, 2.24) is 15.0 Å². The van der Waals surface area contributed by atoms with Crippen molar-refractivity contribution in [1.29, 1.82) is 0 Å². The Morgan fingerprint density at radius 1 is 1.07 bits per heavy atom. The monoisotopic (exact) mass is 373 g/mol. The van der Waals surface area contributed by atoms with E-state index in [1.54, 1.807) is 12.1 Å². The summed E-state index contributed by atoms with van der Waals surface area (Å²) >= 11 is 0. The second kappa shape index (κ2) is 8.90. The highest BCUT2D eigenvalue weighted by Gasteiger charge is 2.23. The number of hydrogen-bond acceptors (Lipinski definition) is 6. The van der Waals surface area contributed by atoms with E-state index in [4.69, 9.17) is 14.0 Å². The van der Waals surface area contributed by atoms with Gasteiger partial charge in [0.15, 0.2) is 17.3 Å². The molecule has 0 N–H and O–H groups in total. The summed E-state index contributed by atoms with van der Waals surface area (Å²) in [5, 5.41) is 3.92. The summed E-state index contributed by atoms with van der Waals surface area (Å²) in [6.07, 6.45) is 0. The number of piperazine rings is 1. The number of nitrogens with zero attached hydrogens (tertiary/aromatic N) is 3. The van der Waals surface area contributed by atoms with Crippen molar-refractivity contribution >= 4 is 5.91 Å². The van der Waals surface area contributed by atoms with Crippen LogP contribution in [0.25, 0.3) is 0 Å². The SMILES string of the molecule is CCOc1ccc(C(=O)N2CCN(Cc3cc(C)no3)CC2)cc1OCC. The van der Waals surface area contributed by atoms with E-state index in [1.165, 1.54) is 0 Å². The number of amides is 1. The number of aromatic nitrogens is 1. The minimum atomic E-state index is 0.0224. The lowest BCUT2D eigenvalue weighted by molar-refractivity contribution is 0.0617. The van der Waals surface area contributed by atoms with E-state index in [1.807, 2.05) is 37.8 Å². The Labute approximate surface area is 159 Å². The molecule has 1 amide bonds. The number of rotatable bonds is 7. The lowest BCUT2D eigenvalue weighted by Gasteiger charge is -2.34. The zero-order valence-corrected chi connectivity index (χ0v) is 16.2. The van der Waals surface area contributed by atoms with Gasteiger partial charge in [-0.3, -0.25) is 9.69 Å². The van der Waals surface area contributed by atoms with E-state index < -0.39 is 0 Å². The predicted octanol–water partition coefficient (Wildman–Crippen LogP) is 2.74. The van der Waals surface area contributed by atoms with Crippen LogP contribution in [0.1, 0.15) is 35.7 Å². The summed E-state index contributed by atoms with van der Waals surface area (Å²) in [6, 6.07) is 7.34.